The van der Waals surface area contributed by atoms with Gasteiger partial charge in [0.1, 0.15) is 11.6 Å². The summed E-state index contributed by atoms with van der Waals surface area (Å²) in [7, 11) is 0. The largest absolute Gasteiger partial charge is 0.444 e. The quantitative estimate of drug-likeness (QED) is 0.763. The minimum atomic E-state index is -1.10. The predicted octanol–water partition coefficient (Wildman–Crippen LogP) is 3.75. The van der Waals surface area contributed by atoms with Gasteiger partial charge in [-0.3, -0.25) is 4.79 Å². The van der Waals surface area contributed by atoms with Crippen LogP contribution in [0.2, 0.25) is 0 Å². The number of carbonyl (C=O) groups excluding carboxylic acids is 2. The van der Waals surface area contributed by atoms with E-state index in [1.54, 1.807) is 20.8 Å². The number of ether oxygens (including phenoxy) is 1. The fourth-order valence-electron chi connectivity index (χ4n) is 2.42. The molecule has 132 valence electrons. The summed E-state index contributed by atoms with van der Waals surface area (Å²) in [6, 6.07) is 1.84. The van der Waals surface area contributed by atoms with Crippen molar-refractivity contribution in [2.75, 3.05) is 11.4 Å². The number of piperidine rings is 1. The van der Waals surface area contributed by atoms with E-state index in [0.717, 1.165) is 4.90 Å². The van der Waals surface area contributed by atoms with Crippen LogP contribution >= 0.6 is 15.9 Å². The van der Waals surface area contributed by atoms with Crippen LogP contribution in [0, 0.1) is 11.6 Å². The minimum Gasteiger partial charge on any atom is -0.444 e. The third kappa shape index (κ3) is 4.23. The van der Waals surface area contributed by atoms with Crippen LogP contribution in [0.4, 0.5) is 19.3 Å². The number of alkyl carbamates (subject to hydrolysis) is 1. The molecule has 0 aromatic heterocycles. The zero-order chi connectivity index (χ0) is 18.1. The first kappa shape index (κ1) is 18.6. The predicted molar refractivity (Wildman–Crippen MR) is 88.8 cm³/mol. The van der Waals surface area contributed by atoms with Crippen molar-refractivity contribution in [3.63, 3.8) is 0 Å². The molecule has 0 saturated carbocycles. The van der Waals surface area contributed by atoms with Gasteiger partial charge in [0.25, 0.3) is 0 Å². The van der Waals surface area contributed by atoms with Gasteiger partial charge in [0, 0.05) is 6.54 Å². The van der Waals surface area contributed by atoms with E-state index >= 15 is 0 Å². The topological polar surface area (TPSA) is 58.6 Å². The normalized spacial score (nSPS) is 18.5. The standard InChI is InChI=1S/C16H19BrF2N2O3/c1-16(2,3)24-15(23)20-10-5-4-8-21(14(10)22)11-7-6-9(17)12(18)13(11)19/h6-7,10H,4-5,8H2,1-3H3,(H,20,23). The SMILES string of the molecule is CC(C)(C)OC(=O)NC1CCCN(c2ccc(Br)c(F)c2F)C1=O. The van der Waals surface area contributed by atoms with Crippen LogP contribution in [0.3, 0.4) is 0 Å². The van der Waals surface area contributed by atoms with Crippen molar-refractivity contribution in [2.24, 2.45) is 0 Å². The molecule has 1 aromatic carbocycles. The lowest BCUT2D eigenvalue weighted by atomic mass is 10.0. The number of anilines is 1. The lowest BCUT2D eigenvalue weighted by molar-refractivity contribution is -0.121. The maximum atomic E-state index is 14.1. The van der Waals surface area contributed by atoms with Crippen LogP contribution in [-0.2, 0) is 9.53 Å². The van der Waals surface area contributed by atoms with Gasteiger partial charge in [-0.25, -0.2) is 13.6 Å². The molecule has 5 nitrogen and oxygen atoms in total. The molecule has 0 aliphatic carbocycles. The number of benzene rings is 1. The van der Waals surface area contributed by atoms with Crippen LogP contribution in [0.5, 0.6) is 0 Å². The molecule has 0 radical (unpaired) electrons. The molecule has 1 N–H and O–H groups in total. The van der Waals surface area contributed by atoms with Gasteiger partial charge in [0.05, 0.1) is 10.2 Å². The maximum absolute atomic E-state index is 14.1. The fraction of sp³-hybridized carbons (Fsp3) is 0.500. The van der Waals surface area contributed by atoms with Crippen molar-refractivity contribution in [2.45, 2.75) is 45.3 Å². The number of carbonyl (C=O) groups is 2. The molecule has 24 heavy (non-hydrogen) atoms. The van der Waals surface area contributed by atoms with Gasteiger partial charge >= 0.3 is 6.09 Å². The average Bonchev–Trinajstić information content (AvgIpc) is 2.46. The second kappa shape index (κ2) is 7.04. The monoisotopic (exact) mass is 404 g/mol. The highest BCUT2D eigenvalue weighted by atomic mass is 79.9. The van der Waals surface area contributed by atoms with Gasteiger partial charge < -0.3 is 15.0 Å². The Balaban J connectivity index is 2.16. The summed E-state index contributed by atoms with van der Waals surface area (Å²) in [6.45, 7) is 5.38. The van der Waals surface area contributed by atoms with E-state index in [0.29, 0.717) is 12.8 Å². The molecule has 1 saturated heterocycles. The number of nitrogens with zero attached hydrogens (tertiary/aromatic N) is 1. The Labute approximate surface area is 147 Å². The van der Waals surface area contributed by atoms with E-state index in [4.69, 9.17) is 4.74 Å². The van der Waals surface area contributed by atoms with E-state index in [2.05, 4.69) is 21.2 Å². The number of hydrogen-bond donors (Lipinski definition) is 1. The Morgan fingerprint density at radius 1 is 1.33 bits per heavy atom. The highest BCUT2D eigenvalue weighted by Crippen LogP contribution is 2.29. The number of rotatable bonds is 2. The molecule has 0 spiro atoms. The van der Waals surface area contributed by atoms with E-state index in [-0.39, 0.29) is 16.7 Å². The molecule has 1 heterocycles. The Morgan fingerprint density at radius 3 is 2.62 bits per heavy atom. The molecule has 1 aromatic rings. The second-order valence-corrected chi connectivity index (χ2v) is 7.38. The lowest BCUT2D eigenvalue weighted by Gasteiger charge is -2.33. The Hall–Kier alpha value is -1.70. The van der Waals surface area contributed by atoms with Crippen molar-refractivity contribution in [3.8, 4) is 0 Å². The molecule has 1 aliphatic rings. The smallest absolute Gasteiger partial charge is 0.408 e. The molecular formula is C16H19BrF2N2O3. The lowest BCUT2D eigenvalue weighted by Crippen LogP contribution is -2.53. The summed E-state index contributed by atoms with van der Waals surface area (Å²) in [5, 5.41) is 2.49. The molecule has 1 unspecified atom stereocenters. The Bertz CT molecular complexity index is 661. The number of hydrogen-bond acceptors (Lipinski definition) is 3. The summed E-state index contributed by atoms with van der Waals surface area (Å²) < 4.78 is 32.9. The third-order valence-corrected chi connectivity index (χ3v) is 4.05. The van der Waals surface area contributed by atoms with Crippen molar-refractivity contribution in [1.29, 1.82) is 0 Å². The van der Waals surface area contributed by atoms with Gasteiger partial charge in [-0.2, -0.15) is 0 Å². The first-order valence-electron chi connectivity index (χ1n) is 7.54. The fourth-order valence-corrected chi connectivity index (χ4v) is 2.73. The van der Waals surface area contributed by atoms with Crippen molar-refractivity contribution in [3.05, 3.63) is 28.2 Å². The van der Waals surface area contributed by atoms with Gasteiger partial charge in [-0.1, -0.05) is 0 Å². The highest BCUT2D eigenvalue weighted by molar-refractivity contribution is 9.10. The first-order valence-corrected chi connectivity index (χ1v) is 8.34. The van der Waals surface area contributed by atoms with Crippen molar-refractivity contribution < 1.29 is 23.1 Å². The molecule has 1 atom stereocenters. The second-order valence-electron chi connectivity index (χ2n) is 6.53. The number of amides is 2. The van der Waals surface area contributed by atoms with Gasteiger partial charge in [0.15, 0.2) is 11.6 Å². The zero-order valence-electron chi connectivity index (χ0n) is 13.7. The van der Waals surface area contributed by atoms with E-state index in [9.17, 15) is 18.4 Å². The number of halogens is 3. The minimum absolute atomic E-state index is 0.0170. The third-order valence-electron chi connectivity index (χ3n) is 3.44. The van der Waals surface area contributed by atoms with E-state index < -0.39 is 35.3 Å². The summed E-state index contributed by atoms with van der Waals surface area (Å²) in [5.41, 5.74) is -0.834. The Morgan fingerprint density at radius 2 is 2.00 bits per heavy atom. The summed E-state index contributed by atoms with van der Waals surface area (Å²) in [6.07, 6.45) is 0.239. The van der Waals surface area contributed by atoms with Crippen LogP contribution in [0.15, 0.2) is 16.6 Å². The zero-order valence-corrected chi connectivity index (χ0v) is 15.2. The summed E-state index contributed by atoms with van der Waals surface area (Å²) >= 11 is 2.90. The van der Waals surface area contributed by atoms with Crippen LogP contribution in [0.25, 0.3) is 0 Å². The van der Waals surface area contributed by atoms with Crippen molar-refractivity contribution in [1.82, 2.24) is 5.32 Å². The maximum Gasteiger partial charge on any atom is 0.408 e. The van der Waals surface area contributed by atoms with E-state index in [1.165, 1.54) is 12.1 Å². The summed E-state index contributed by atoms with van der Waals surface area (Å²) in [5.74, 6) is -2.65. The van der Waals surface area contributed by atoms with Gasteiger partial charge in [-0.15, -0.1) is 0 Å². The van der Waals surface area contributed by atoms with E-state index in [1.807, 2.05) is 0 Å². The highest BCUT2D eigenvalue weighted by Gasteiger charge is 2.33. The average molecular weight is 405 g/mol. The molecule has 2 amide bonds. The number of nitrogens with one attached hydrogen (secondary N) is 1. The first-order chi connectivity index (χ1) is 11.1. The summed E-state index contributed by atoms with van der Waals surface area (Å²) in [4.78, 5) is 25.5. The van der Waals surface area contributed by atoms with Crippen LogP contribution in [0.1, 0.15) is 33.6 Å². The molecular weight excluding hydrogens is 386 g/mol. The molecule has 1 fully saturated rings. The van der Waals surface area contributed by atoms with Crippen LogP contribution < -0.4 is 10.2 Å². The molecule has 2 rings (SSSR count). The van der Waals surface area contributed by atoms with Crippen molar-refractivity contribution >= 4 is 33.6 Å². The molecule has 1 aliphatic heterocycles. The Kier molecular flexibility index (Phi) is 5.47. The van der Waals surface area contributed by atoms with Gasteiger partial charge in [0.2, 0.25) is 5.91 Å². The van der Waals surface area contributed by atoms with Gasteiger partial charge in [-0.05, 0) is 61.7 Å². The molecule has 0 bridgehead atoms. The molecule has 8 heteroatoms. The van der Waals surface area contributed by atoms with Crippen LogP contribution in [-0.4, -0.2) is 30.2 Å².